The third-order valence-corrected chi connectivity index (χ3v) is 15.1. The summed E-state index contributed by atoms with van der Waals surface area (Å²) in [7, 11) is 0. The molecule has 6 rings (SSSR count). The van der Waals surface area contributed by atoms with Gasteiger partial charge in [0.2, 0.25) is 0 Å². The monoisotopic (exact) mass is 592 g/mol. The van der Waals surface area contributed by atoms with Crippen LogP contribution in [0.1, 0.15) is 119 Å². The second kappa shape index (κ2) is 10.1. The summed E-state index contributed by atoms with van der Waals surface area (Å²) in [6, 6.07) is 0. The van der Waals surface area contributed by atoms with Crippen molar-refractivity contribution in [1.29, 1.82) is 0 Å². The van der Waals surface area contributed by atoms with Gasteiger partial charge in [-0.2, -0.15) is 0 Å². The van der Waals surface area contributed by atoms with E-state index < -0.39 is 30.2 Å². The van der Waals surface area contributed by atoms with Gasteiger partial charge in [0.1, 0.15) is 18.3 Å². The van der Waals surface area contributed by atoms with Crippen molar-refractivity contribution < 1.29 is 35.0 Å². The van der Waals surface area contributed by atoms with Crippen LogP contribution in [0.3, 0.4) is 0 Å². The summed E-state index contributed by atoms with van der Waals surface area (Å²) in [5.74, 6) is 1.63. The largest absolute Gasteiger partial charge is 0.393 e. The van der Waals surface area contributed by atoms with E-state index in [1.807, 2.05) is 0 Å². The van der Waals surface area contributed by atoms with Gasteiger partial charge in [0, 0.05) is 0 Å². The van der Waals surface area contributed by atoms with Gasteiger partial charge in [-0.05, 0) is 121 Å². The van der Waals surface area contributed by atoms with E-state index in [2.05, 4.69) is 48.5 Å². The van der Waals surface area contributed by atoms with E-state index >= 15 is 0 Å². The second-order valence-electron chi connectivity index (χ2n) is 17.9. The quantitative estimate of drug-likeness (QED) is 0.292. The Morgan fingerprint density at radius 1 is 0.619 bits per heavy atom. The maximum absolute atomic E-state index is 12.6. The average molecular weight is 593 g/mol. The molecule has 0 amide bonds. The van der Waals surface area contributed by atoms with Gasteiger partial charge in [0.15, 0.2) is 6.29 Å². The van der Waals surface area contributed by atoms with Crippen LogP contribution in [-0.2, 0) is 9.47 Å². The van der Waals surface area contributed by atoms with Crippen molar-refractivity contribution in [2.45, 2.75) is 162 Å². The lowest BCUT2D eigenvalue weighted by molar-refractivity contribution is -0.306. The fraction of sp³-hybridized carbons (Fsp3) is 1.00. The van der Waals surface area contributed by atoms with Gasteiger partial charge in [-0.25, -0.2) is 0 Å². The Morgan fingerprint density at radius 3 is 1.93 bits per heavy atom. The van der Waals surface area contributed by atoms with E-state index in [0.29, 0.717) is 17.8 Å². The zero-order valence-electron chi connectivity index (χ0n) is 27.3. The molecule has 7 nitrogen and oxygen atoms in total. The van der Waals surface area contributed by atoms with E-state index in [9.17, 15) is 25.5 Å². The van der Waals surface area contributed by atoms with Crippen molar-refractivity contribution in [3.05, 3.63) is 0 Å². The van der Waals surface area contributed by atoms with Crippen LogP contribution in [0.5, 0.6) is 0 Å². The first kappa shape index (κ1) is 31.7. The summed E-state index contributed by atoms with van der Waals surface area (Å²) >= 11 is 0. The Bertz CT molecular complexity index is 1030. The van der Waals surface area contributed by atoms with Gasteiger partial charge in [-0.3, -0.25) is 0 Å². The van der Waals surface area contributed by atoms with Crippen molar-refractivity contribution in [2.75, 3.05) is 6.61 Å². The molecule has 0 spiro atoms. The van der Waals surface area contributed by atoms with Crippen molar-refractivity contribution in [1.82, 2.24) is 0 Å². The molecule has 1 heterocycles. The summed E-state index contributed by atoms with van der Waals surface area (Å²) < 4.78 is 12.1. The van der Waals surface area contributed by atoms with Crippen LogP contribution < -0.4 is 0 Å². The number of hydrogen-bond donors (Lipinski definition) is 5. The topological polar surface area (TPSA) is 120 Å². The molecule has 5 N–H and O–H groups in total. The molecule has 242 valence electrons. The highest BCUT2D eigenvalue weighted by atomic mass is 16.7. The number of aliphatic hydroxyl groups excluding tert-OH is 4. The number of hydrogen-bond acceptors (Lipinski definition) is 7. The van der Waals surface area contributed by atoms with E-state index in [4.69, 9.17) is 9.47 Å². The maximum atomic E-state index is 12.6. The minimum absolute atomic E-state index is 0.0440. The first-order chi connectivity index (χ1) is 19.4. The predicted octanol–water partition coefficient (Wildman–Crippen LogP) is 4.80. The van der Waals surface area contributed by atoms with Crippen LogP contribution in [0, 0.1) is 50.7 Å². The summed E-state index contributed by atoms with van der Waals surface area (Å²) in [6.45, 7) is 16.6. The van der Waals surface area contributed by atoms with Crippen molar-refractivity contribution >= 4 is 0 Å². The highest BCUT2D eigenvalue weighted by Gasteiger charge is 2.67. The SMILES string of the molecule is CC12CCC3C(C)(C)C(OC4OCC(O)C(O)C4O)CCC3(C)C1CCC1C(O)(CCC3C(C)(C)C(O)CCC13C)C2. The van der Waals surface area contributed by atoms with Crippen molar-refractivity contribution in [2.24, 2.45) is 50.7 Å². The van der Waals surface area contributed by atoms with Gasteiger partial charge in [0.05, 0.1) is 24.4 Å². The molecular formula is C35H60O7. The standard InChI is InChI=1S/C35H60O7/c1-30(2)21-11-17-35(40)19-32(5)14-10-22-31(3,4)26(42-29-28(39)27(38)20(36)18-41-29)13-16-33(22,6)23(32)8-9-24(35)34(21,7)15-12-25(30)37/h20-29,36-40H,8-19H2,1-7H3. The van der Waals surface area contributed by atoms with Crippen LogP contribution in [-0.4, -0.2) is 74.6 Å². The highest BCUT2D eigenvalue weighted by molar-refractivity contribution is 5.17. The maximum Gasteiger partial charge on any atom is 0.186 e. The van der Waals surface area contributed by atoms with E-state index in [0.717, 1.165) is 70.6 Å². The lowest BCUT2D eigenvalue weighted by Crippen LogP contribution is -2.62. The van der Waals surface area contributed by atoms with Crippen LogP contribution in [0.4, 0.5) is 0 Å². The highest BCUT2D eigenvalue weighted by Crippen LogP contribution is 2.72. The minimum atomic E-state index is -1.27. The molecule has 14 unspecified atom stereocenters. The van der Waals surface area contributed by atoms with Crippen LogP contribution in [0.15, 0.2) is 0 Å². The van der Waals surface area contributed by atoms with Gasteiger partial charge < -0.3 is 35.0 Å². The molecule has 1 saturated heterocycles. The molecule has 6 aliphatic rings. The first-order valence-electron chi connectivity index (χ1n) is 17.1. The molecule has 5 saturated carbocycles. The van der Waals surface area contributed by atoms with Gasteiger partial charge in [-0.1, -0.05) is 48.5 Å². The third-order valence-electron chi connectivity index (χ3n) is 15.1. The Hall–Kier alpha value is -0.280. The lowest BCUT2D eigenvalue weighted by atomic mass is 9.41. The average Bonchev–Trinajstić information content (AvgIpc) is 3.02. The van der Waals surface area contributed by atoms with Crippen molar-refractivity contribution in [3.8, 4) is 0 Å². The predicted molar refractivity (Wildman–Crippen MR) is 160 cm³/mol. The van der Waals surface area contributed by atoms with Gasteiger partial charge >= 0.3 is 0 Å². The van der Waals surface area contributed by atoms with Gasteiger partial charge in [-0.15, -0.1) is 0 Å². The summed E-state index contributed by atoms with van der Waals surface area (Å²) in [5, 5.41) is 54.3. The summed E-state index contributed by atoms with van der Waals surface area (Å²) in [5.41, 5.74) is -0.691. The zero-order chi connectivity index (χ0) is 30.7. The smallest absolute Gasteiger partial charge is 0.186 e. The molecule has 14 atom stereocenters. The van der Waals surface area contributed by atoms with Crippen LogP contribution in [0.25, 0.3) is 0 Å². The van der Waals surface area contributed by atoms with E-state index in [1.165, 1.54) is 0 Å². The Kier molecular flexibility index (Phi) is 7.63. The molecule has 0 aromatic carbocycles. The van der Waals surface area contributed by atoms with Gasteiger partial charge in [0.25, 0.3) is 0 Å². The summed E-state index contributed by atoms with van der Waals surface area (Å²) in [4.78, 5) is 0. The normalized spacial score (nSPS) is 57.1. The fourth-order valence-corrected chi connectivity index (χ4v) is 13.0. The molecule has 6 fully saturated rings. The molecule has 1 aliphatic heterocycles. The molecule has 0 radical (unpaired) electrons. The zero-order valence-corrected chi connectivity index (χ0v) is 27.3. The molecule has 0 aromatic heterocycles. The van der Waals surface area contributed by atoms with E-state index in [-0.39, 0.29) is 51.8 Å². The molecule has 5 aliphatic carbocycles. The molecule has 42 heavy (non-hydrogen) atoms. The van der Waals surface area contributed by atoms with Crippen LogP contribution in [0.2, 0.25) is 0 Å². The molecule has 0 aromatic rings. The Balaban J connectivity index is 1.26. The molecule has 7 heteroatoms. The number of rotatable bonds is 2. The lowest BCUT2D eigenvalue weighted by Gasteiger charge is -2.65. The van der Waals surface area contributed by atoms with Crippen molar-refractivity contribution in [3.63, 3.8) is 0 Å². The van der Waals surface area contributed by atoms with Crippen LogP contribution >= 0.6 is 0 Å². The number of ether oxygens (including phenoxy) is 2. The Labute approximate surface area is 253 Å². The summed E-state index contributed by atoms with van der Waals surface area (Å²) in [6.07, 6.45) is 5.88. The minimum Gasteiger partial charge on any atom is -0.393 e. The number of aliphatic hydroxyl groups is 5. The first-order valence-corrected chi connectivity index (χ1v) is 17.1. The molecule has 0 bridgehead atoms. The Morgan fingerprint density at radius 2 is 1.21 bits per heavy atom. The third kappa shape index (κ3) is 4.45. The number of fused-ring (bicyclic) bond motifs is 6. The second-order valence-corrected chi connectivity index (χ2v) is 17.9. The fourth-order valence-electron chi connectivity index (χ4n) is 13.0. The molecular weight excluding hydrogens is 532 g/mol. The van der Waals surface area contributed by atoms with E-state index in [1.54, 1.807) is 0 Å².